The highest BCUT2D eigenvalue weighted by molar-refractivity contribution is 5.20. The lowest BCUT2D eigenvalue weighted by atomic mass is 9.91. The minimum atomic E-state index is 0.143. The third kappa shape index (κ3) is 2.61. The van der Waals surface area contributed by atoms with Gasteiger partial charge in [-0.25, -0.2) is 0 Å². The molecule has 0 aliphatic rings. The zero-order chi connectivity index (χ0) is 11.8. The zero-order valence-corrected chi connectivity index (χ0v) is 11.1. The van der Waals surface area contributed by atoms with E-state index < -0.39 is 0 Å². The van der Waals surface area contributed by atoms with E-state index in [0.29, 0.717) is 12.0 Å². The molecule has 1 heterocycles. The molecule has 2 nitrogen and oxygen atoms in total. The van der Waals surface area contributed by atoms with Crippen LogP contribution in [0.15, 0.2) is 6.07 Å². The van der Waals surface area contributed by atoms with E-state index in [-0.39, 0.29) is 5.41 Å². The molecule has 0 aliphatic carbocycles. The first-order chi connectivity index (χ1) is 6.73. The van der Waals surface area contributed by atoms with Gasteiger partial charge in [0.15, 0.2) is 0 Å². The Kier molecular flexibility index (Phi) is 3.27. The van der Waals surface area contributed by atoms with Crippen LogP contribution < -0.4 is 0 Å². The summed E-state index contributed by atoms with van der Waals surface area (Å²) in [5.41, 5.74) is 2.68. The van der Waals surface area contributed by atoms with E-state index in [0.717, 1.165) is 0 Å². The average Bonchev–Trinajstić information content (AvgIpc) is 2.45. The van der Waals surface area contributed by atoms with Crippen molar-refractivity contribution in [3.63, 3.8) is 0 Å². The Morgan fingerprint density at radius 2 is 1.67 bits per heavy atom. The topological polar surface area (TPSA) is 17.8 Å². The molecule has 0 saturated heterocycles. The van der Waals surface area contributed by atoms with Gasteiger partial charge in [-0.3, -0.25) is 4.68 Å². The summed E-state index contributed by atoms with van der Waals surface area (Å²) >= 11 is 0. The van der Waals surface area contributed by atoms with Crippen molar-refractivity contribution in [3.05, 3.63) is 17.5 Å². The number of rotatable bonds is 2. The van der Waals surface area contributed by atoms with Crippen molar-refractivity contribution >= 4 is 0 Å². The summed E-state index contributed by atoms with van der Waals surface area (Å²) in [6.07, 6.45) is 0. The molecule has 0 atom stereocenters. The first-order valence-corrected chi connectivity index (χ1v) is 5.83. The fourth-order valence-electron chi connectivity index (χ4n) is 1.62. The number of nitrogens with zero attached hydrogens (tertiary/aromatic N) is 2. The van der Waals surface area contributed by atoms with E-state index in [1.54, 1.807) is 0 Å². The van der Waals surface area contributed by atoms with Crippen LogP contribution in [-0.4, -0.2) is 9.78 Å². The Morgan fingerprint density at radius 3 is 1.93 bits per heavy atom. The number of hydrogen-bond donors (Lipinski definition) is 0. The van der Waals surface area contributed by atoms with Crippen LogP contribution in [0.1, 0.15) is 71.8 Å². The Bertz CT molecular complexity index is 301. The summed E-state index contributed by atoms with van der Waals surface area (Å²) in [6, 6.07) is 2.70. The van der Waals surface area contributed by atoms with Crippen molar-refractivity contribution in [1.82, 2.24) is 9.78 Å². The predicted molar refractivity (Wildman–Crippen MR) is 65.4 cm³/mol. The van der Waals surface area contributed by atoms with E-state index in [1.807, 2.05) is 0 Å². The van der Waals surface area contributed by atoms with Gasteiger partial charge in [0.1, 0.15) is 0 Å². The van der Waals surface area contributed by atoms with Crippen molar-refractivity contribution < 1.29 is 0 Å². The molecular weight excluding hydrogens is 184 g/mol. The average molecular weight is 208 g/mol. The molecule has 1 aromatic heterocycles. The Morgan fingerprint density at radius 1 is 1.13 bits per heavy atom. The maximum absolute atomic E-state index is 4.72. The van der Waals surface area contributed by atoms with Gasteiger partial charge in [-0.2, -0.15) is 5.10 Å². The highest BCUT2D eigenvalue weighted by Gasteiger charge is 2.21. The van der Waals surface area contributed by atoms with Crippen molar-refractivity contribution in [1.29, 1.82) is 0 Å². The van der Waals surface area contributed by atoms with Gasteiger partial charge in [0.05, 0.1) is 5.69 Å². The number of hydrogen-bond acceptors (Lipinski definition) is 1. The third-order valence-corrected chi connectivity index (χ3v) is 2.61. The molecule has 0 bridgehead atoms. The van der Waals surface area contributed by atoms with Gasteiger partial charge in [0.25, 0.3) is 0 Å². The lowest BCUT2D eigenvalue weighted by Gasteiger charge is -2.15. The summed E-state index contributed by atoms with van der Waals surface area (Å²) < 4.78 is 2.16. The standard InChI is InChI=1S/C13H24N2/c1-9(2)11-8-12(13(5,6)7)14-15(11)10(3)4/h8-10H,1-7H3. The highest BCUT2D eigenvalue weighted by Crippen LogP contribution is 2.26. The fraction of sp³-hybridized carbons (Fsp3) is 0.769. The third-order valence-electron chi connectivity index (χ3n) is 2.61. The van der Waals surface area contributed by atoms with E-state index >= 15 is 0 Å². The van der Waals surface area contributed by atoms with E-state index in [2.05, 4.69) is 59.2 Å². The Hall–Kier alpha value is -0.790. The lowest BCUT2D eigenvalue weighted by Crippen LogP contribution is -2.14. The molecule has 1 aromatic rings. The molecule has 0 saturated carbocycles. The maximum atomic E-state index is 4.72. The van der Waals surface area contributed by atoms with Gasteiger partial charge < -0.3 is 0 Å². The smallest absolute Gasteiger partial charge is 0.0681 e. The predicted octanol–water partition coefficient (Wildman–Crippen LogP) is 3.88. The van der Waals surface area contributed by atoms with E-state index in [9.17, 15) is 0 Å². The lowest BCUT2D eigenvalue weighted by molar-refractivity contribution is 0.475. The summed E-state index contributed by atoms with van der Waals surface area (Å²) in [5, 5.41) is 4.72. The monoisotopic (exact) mass is 208 g/mol. The molecule has 2 heteroatoms. The molecule has 0 N–H and O–H groups in total. The molecule has 0 aromatic carbocycles. The molecule has 86 valence electrons. The molecule has 0 fully saturated rings. The minimum absolute atomic E-state index is 0.143. The minimum Gasteiger partial charge on any atom is -0.267 e. The van der Waals surface area contributed by atoms with Crippen LogP contribution in [0, 0.1) is 0 Å². The van der Waals surface area contributed by atoms with Gasteiger partial charge >= 0.3 is 0 Å². The van der Waals surface area contributed by atoms with Crippen LogP contribution >= 0.6 is 0 Å². The molecule has 0 amide bonds. The van der Waals surface area contributed by atoms with Crippen LogP contribution in [0.2, 0.25) is 0 Å². The molecule has 0 aliphatic heterocycles. The molecule has 0 unspecified atom stereocenters. The van der Waals surface area contributed by atoms with Crippen molar-refractivity contribution in [3.8, 4) is 0 Å². The second-order valence-corrected chi connectivity index (χ2v) is 5.90. The highest BCUT2D eigenvalue weighted by atomic mass is 15.3. The van der Waals surface area contributed by atoms with Gasteiger partial charge in [-0.1, -0.05) is 34.6 Å². The molecule has 0 spiro atoms. The van der Waals surface area contributed by atoms with Crippen LogP contribution in [0.5, 0.6) is 0 Å². The second-order valence-electron chi connectivity index (χ2n) is 5.90. The number of aromatic nitrogens is 2. The van der Waals surface area contributed by atoms with Gasteiger partial charge in [-0.15, -0.1) is 0 Å². The fourth-order valence-corrected chi connectivity index (χ4v) is 1.62. The van der Waals surface area contributed by atoms with Crippen molar-refractivity contribution in [2.45, 2.75) is 65.8 Å². The van der Waals surface area contributed by atoms with Crippen molar-refractivity contribution in [2.75, 3.05) is 0 Å². The van der Waals surface area contributed by atoms with Crippen molar-refractivity contribution in [2.24, 2.45) is 0 Å². The normalized spacial score (nSPS) is 12.9. The summed E-state index contributed by atoms with van der Waals surface area (Å²) in [7, 11) is 0. The van der Waals surface area contributed by atoms with Crippen LogP contribution in [0.25, 0.3) is 0 Å². The van der Waals surface area contributed by atoms with E-state index in [1.165, 1.54) is 11.4 Å². The second kappa shape index (κ2) is 3.99. The first-order valence-electron chi connectivity index (χ1n) is 5.83. The van der Waals surface area contributed by atoms with Crippen LogP contribution in [0.4, 0.5) is 0 Å². The van der Waals surface area contributed by atoms with Gasteiger partial charge in [0, 0.05) is 17.2 Å². The van der Waals surface area contributed by atoms with Gasteiger partial charge in [-0.05, 0) is 25.8 Å². The zero-order valence-electron chi connectivity index (χ0n) is 11.1. The summed E-state index contributed by atoms with van der Waals surface area (Å²) in [4.78, 5) is 0. The maximum Gasteiger partial charge on any atom is 0.0681 e. The largest absolute Gasteiger partial charge is 0.267 e. The molecular formula is C13H24N2. The Labute approximate surface area is 93.7 Å². The van der Waals surface area contributed by atoms with E-state index in [4.69, 9.17) is 5.10 Å². The van der Waals surface area contributed by atoms with Crippen LogP contribution in [0.3, 0.4) is 0 Å². The Balaban J connectivity index is 3.21. The molecule has 1 rings (SSSR count). The SMILES string of the molecule is CC(C)c1cc(C(C)(C)C)nn1C(C)C. The van der Waals surface area contributed by atoms with Gasteiger partial charge in [0.2, 0.25) is 0 Å². The quantitative estimate of drug-likeness (QED) is 0.721. The summed E-state index contributed by atoms with van der Waals surface area (Å²) in [6.45, 7) is 15.5. The first kappa shape index (κ1) is 12.3. The molecule has 15 heavy (non-hydrogen) atoms. The summed E-state index contributed by atoms with van der Waals surface area (Å²) in [5.74, 6) is 0.538. The molecule has 0 radical (unpaired) electrons. The van der Waals surface area contributed by atoms with Crippen LogP contribution in [-0.2, 0) is 5.41 Å².